The molecular weight excluding hydrogens is 809 g/mol. The van der Waals surface area contributed by atoms with Crippen LogP contribution in [0.5, 0.6) is 0 Å². The summed E-state index contributed by atoms with van der Waals surface area (Å²) in [6.07, 6.45) is 9.04. The number of amides is 6. The van der Waals surface area contributed by atoms with Gasteiger partial charge in [-0.05, 0) is 126 Å². The molecule has 0 radical (unpaired) electrons. The van der Waals surface area contributed by atoms with E-state index in [1.54, 1.807) is 30.8 Å². The molecule has 0 saturated carbocycles. The lowest BCUT2D eigenvalue weighted by molar-refractivity contribution is -0.141. The molecule has 6 rings (SSSR count). The summed E-state index contributed by atoms with van der Waals surface area (Å²) in [5.41, 5.74) is 4.68. The number of nitrogens with zero attached hydrogens (tertiary/aromatic N) is 2. The molecule has 0 spiro atoms. The van der Waals surface area contributed by atoms with Gasteiger partial charge in [0.2, 0.25) is 35.4 Å². The molecule has 0 bridgehead atoms. The number of likely N-dealkylation sites (N-methyl/N-ethyl adjacent to an activating group) is 2. The summed E-state index contributed by atoms with van der Waals surface area (Å²) in [5, 5.41) is 18.1. The first-order valence-corrected chi connectivity index (χ1v) is 23.3. The van der Waals surface area contributed by atoms with E-state index < -0.39 is 42.2 Å². The number of carbonyl (C=O) groups is 6. The minimum atomic E-state index is -1.03. The SMILES string of the molecule is CCC[C@H](NC)C(=O)N[C@@H](CC#CC#CC[C@H](NC(=O)[C@H](C)NC)C(=O)N1CCC[C@H]1C(=O)N[C@@H]1CCCc2ccccc21)C(=O)N1CCC[C@H]1C(=O)N[C@@H]1CCCc2ccccc21. The van der Waals surface area contributed by atoms with Crippen LogP contribution in [0, 0.1) is 23.7 Å². The molecule has 2 aliphatic heterocycles. The van der Waals surface area contributed by atoms with Crippen molar-refractivity contribution in [3.8, 4) is 23.7 Å². The average Bonchev–Trinajstić information content (AvgIpc) is 4.02. The Hall–Kier alpha value is -5.70. The zero-order valence-corrected chi connectivity index (χ0v) is 37.9. The van der Waals surface area contributed by atoms with Crippen LogP contribution in [0.4, 0.5) is 0 Å². The minimum absolute atomic E-state index is 0.0581. The molecule has 4 aliphatic rings. The zero-order chi connectivity index (χ0) is 45.6. The summed E-state index contributed by atoms with van der Waals surface area (Å²) in [6, 6.07) is 11.5. The van der Waals surface area contributed by atoms with Crippen molar-refractivity contribution in [2.75, 3.05) is 27.2 Å². The topological polar surface area (TPSA) is 181 Å². The number of aryl methyl sites for hydroxylation is 2. The maximum absolute atomic E-state index is 14.3. The highest BCUT2D eigenvalue weighted by Gasteiger charge is 2.40. The minimum Gasteiger partial charge on any atom is -0.347 e. The lowest BCUT2D eigenvalue weighted by atomic mass is 9.87. The summed E-state index contributed by atoms with van der Waals surface area (Å²) in [6.45, 7) is 4.42. The second-order valence-electron chi connectivity index (χ2n) is 17.5. The predicted molar refractivity (Wildman–Crippen MR) is 245 cm³/mol. The summed E-state index contributed by atoms with van der Waals surface area (Å²) in [4.78, 5) is 85.7. The second kappa shape index (κ2) is 23.3. The fourth-order valence-electron chi connectivity index (χ4n) is 9.54. The van der Waals surface area contributed by atoms with Crippen LogP contribution in [0.25, 0.3) is 0 Å². The van der Waals surface area contributed by atoms with Gasteiger partial charge in [-0.2, -0.15) is 0 Å². The predicted octanol–water partition coefficient (Wildman–Crippen LogP) is 3.11. The summed E-state index contributed by atoms with van der Waals surface area (Å²) in [5.74, 6) is 9.55. The van der Waals surface area contributed by atoms with Crippen molar-refractivity contribution in [2.24, 2.45) is 0 Å². The van der Waals surface area contributed by atoms with Crippen molar-refractivity contribution in [2.45, 2.75) is 152 Å². The number of likely N-dealkylation sites (tertiary alicyclic amines) is 2. The Morgan fingerprint density at radius 2 is 1.09 bits per heavy atom. The molecule has 6 N–H and O–H groups in total. The van der Waals surface area contributed by atoms with Gasteiger partial charge in [0, 0.05) is 25.9 Å². The lowest BCUT2D eigenvalue weighted by Gasteiger charge is -2.31. The molecule has 14 heteroatoms. The van der Waals surface area contributed by atoms with Gasteiger partial charge in [0.05, 0.1) is 24.2 Å². The number of nitrogens with one attached hydrogen (secondary N) is 6. The van der Waals surface area contributed by atoms with E-state index in [2.05, 4.69) is 79.8 Å². The molecule has 2 saturated heterocycles. The molecule has 0 unspecified atom stereocenters. The molecule has 14 nitrogen and oxygen atoms in total. The average molecular weight is 875 g/mol. The van der Waals surface area contributed by atoms with Gasteiger partial charge in [-0.3, -0.25) is 28.8 Å². The van der Waals surface area contributed by atoms with Crippen LogP contribution in [0.2, 0.25) is 0 Å². The van der Waals surface area contributed by atoms with Crippen molar-refractivity contribution in [3.05, 3.63) is 70.8 Å². The quantitative estimate of drug-likeness (QED) is 0.139. The number of hydrogen-bond acceptors (Lipinski definition) is 8. The molecule has 2 fully saturated rings. The van der Waals surface area contributed by atoms with Crippen LogP contribution in [-0.4, -0.2) is 109 Å². The van der Waals surface area contributed by atoms with Crippen LogP contribution in [-0.2, 0) is 41.6 Å². The largest absolute Gasteiger partial charge is 0.347 e. The fourth-order valence-corrected chi connectivity index (χ4v) is 9.54. The standard InChI is InChI=1S/C50H66N8O6/c1-5-18-40(52-4)46(60)56-42(50(64)58-32-17-30-44(58)48(62)54-39-28-15-22-35-20-11-13-24-37(35)39)26-9-7-6-8-25-41(55-45(59)33(2)51-3)49(63)57-31-16-29-43(57)47(61)53-38-27-14-21-34-19-10-12-23-36(34)38/h10-13,19-20,23-24,33,38-44,51-52H,5,14-18,21-22,25-32H2,1-4H3,(H,53,61)(H,54,62)(H,55,59)(H,56,60)/t33-,38+,39+,40-,41-,42-,43-,44-/m0/s1. The second-order valence-corrected chi connectivity index (χ2v) is 17.5. The third-order valence-electron chi connectivity index (χ3n) is 13.2. The maximum atomic E-state index is 14.3. The van der Waals surface area contributed by atoms with Crippen molar-refractivity contribution >= 4 is 35.4 Å². The molecule has 8 atom stereocenters. The van der Waals surface area contributed by atoms with Crippen LogP contribution in [0.15, 0.2) is 48.5 Å². The lowest BCUT2D eigenvalue weighted by Crippen LogP contribution is -2.56. The highest BCUT2D eigenvalue weighted by molar-refractivity contribution is 5.95. The van der Waals surface area contributed by atoms with Gasteiger partial charge in [-0.1, -0.05) is 73.7 Å². The molecule has 342 valence electrons. The Kier molecular flexibility index (Phi) is 17.4. The van der Waals surface area contributed by atoms with Crippen molar-refractivity contribution in [3.63, 3.8) is 0 Å². The summed E-state index contributed by atoms with van der Waals surface area (Å²) >= 11 is 0. The molecule has 64 heavy (non-hydrogen) atoms. The number of carbonyl (C=O) groups excluding carboxylic acids is 6. The van der Waals surface area contributed by atoms with Gasteiger partial charge in [-0.15, -0.1) is 0 Å². The van der Waals surface area contributed by atoms with Crippen LogP contribution in [0.3, 0.4) is 0 Å². The number of hydrogen-bond donors (Lipinski definition) is 6. The van der Waals surface area contributed by atoms with E-state index >= 15 is 0 Å². The Morgan fingerprint density at radius 3 is 1.55 bits per heavy atom. The third-order valence-corrected chi connectivity index (χ3v) is 13.2. The Morgan fingerprint density at radius 1 is 0.625 bits per heavy atom. The van der Waals surface area contributed by atoms with Crippen molar-refractivity contribution in [1.29, 1.82) is 0 Å². The van der Waals surface area contributed by atoms with E-state index in [4.69, 9.17) is 0 Å². The molecule has 2 aromatic rings. The molecule has 2 heterocycles. The van der Waals surface area contributed by atoms with E-state index in [1.165, 1.54) is 11.1 Å². The monoisotopic (exact) mass is 875 g/mol. The fraction of sp³-hybridized carbons (Fsp3) is 0.560. The van der Waals surface area contributed by atoms with Crippen molar-refractivity contribution in [1.82, 2.24) is 41.7 Å². The van der Waals surface area contributed by atoms with E-state index in [0.717, 1.165) is 56.1 Å². The number of benzene rings is 2. The first kappa shape index (κ1) is 47.8. The van der Waals surface area contributed by atoms with E-state index in [1.807, 2.05) is 31.2 Å². The van der Waals surface area contributed by atoms with Crippen LogP contribution < -0.4 is 31.9 Å². The van der Waals surface area contributed by atoms with Crippen LogP contribution in [0.1, 0.15) is 125 Å². The Bertz CT molecular complexity index is 2140. The van der Waals surface area contributed by atoms with E-state index in [9.17, 15) is 28.8 Å². The van der Waals surface area contributed by atoms with Gasteiger partial charge < -0.3 is 41.7 Å². The molecule has 0 aromatic heterocycles. The van der Waals surface area contributed by atoms with Crippen molar-refractivity contribution < 1.29 is 28.8 Å². The smallest absolute Gasteiger partial charge is 0.246 e. The van der Waals surface area contributed by atoms with E-state index in [-0.39, 0.29) is 54.5 Å². The first-order valence-electron chi connectivity index (χ1n) is 23.3. The highest BCUT2D eigenvalue weighted by Crippen LogP contribution is 2.32. The maximum Gasteiger partial charge on any atom is 0.246 e. The summed E-state index contributed by atoms with van der Waals surface area (Å²) in [7, 11) is 3.35. The first-order chi connectivity index (χ1) is 31.0. The number of rotatable bonds is 16. The van der Waals surface area contributed by atoms with Gasteiger partial charge >= 0.3 is 0 Å². The van der Waals surface area contributed by atoms with Gasteiger partial charge in [0.1, 0.15) is 24.2 Å². The molecular formula is C50H66N8O6. The van der Waals surface area contributed by atoms with Crippen LogP contribution >= 0.6 is 0 Å². The Balaban J connectivity index is 1.14. The molecule has 2 aromatic carbocycles. The number of fused-ring (bicyclic) bond motifs is 2. The molecule has 6 amide bonds. The third kappa shape index (κ3) is 11.9. The molecule has 2 aliphatic carbocycles. The zero-order valence-electron chi connectivity index (χ0n) is 37.9. The highest BCUT2D eigenvalue weighted by atomic mass is 16.2. The van der Waals surface area contributed by atoms with E-state index in [0.29, 0.717) is 45.2 Å². The normalized spacial score (nSPS) is 21.8. The van der Waals surface area contributed by atoms with Gasteiger partial charge in [-0.25, -0.2) is 0 Å². The Labute approximate surface area is 378 Å². The van der Waals surface area contributed by atoms with Gasteiger partial charge in [0.25, 0.3) is 0 Å². The van der Waals surface area contributed by atoms with Gasteiger partial charge in [0.15, 0.2) is 0 Å². The summed E-state index contributed by atoms with van der Waals surface area (Å²) < 4.78 is 0.